The molecule has 1 aliphatic rings. The van der Waals surface area contributed by atoms with Gasteiger partial charge in [-0.2, -0.15) is 0 Å². The minimum absolute atomic E-state index is 0.159. The molecule has 1 atom stereocenters. The number of rotatable bonds is 5. The second-order valence-electron chi connectivity index (χ2n) is 7.05. The Morgan fingerprint density at radius 1 is 1.19 bits per heavy atom. The van der Waals surface area contributed by atoms with Gasteiger partial charge < -0.3 is 19.8 Å². The van der Waals surface area contributed by atoms with Crippen molar-refractivity contribution in [3.8, 4) is 5.75 Å². The van der Waals surface area contributed by atoms with Crippen LogP contribution in [0.5, 0.6) is 5.75 Å². The third-order valence-electron chi connectivity index (χ3n) is 4.84. The molecule has 1 unspecified atom stereocenters. The molecule has 2 N–H and O–H groups in total. The molecule has 2 heterocycles. The summed E-state index contributed by atoms with van der Waals surface area (Å²) in [5.41, 5.74) is 3.41. The second-order valence-corrected chi connectivity index (χ2v) is 7.05. The van der Waals surface area contributed by atoms with E-state index in [1.54, 1.807) is 0 Å². The molecule has 1 amide bonds. The van der Waals surface area contributed by atoms with Gasteiger partial charge in [0.05, 0.1) is 6.10 Å². The summed E-state index contributed by atoms with van der Waals surface area (Å²) in [6, 6.07) is 15.4. The van der Waals surface area contributed by atoms with E-state index in [0.717, 1.165) is 41.8 Å². The van der Waals surface area contributed by atoms with E-state index in [1.807, 2.05) is 49.4 Å². The van der Waals surface area contributed by atoms with Crippen LogP contribution in [-0.2, 0) is 4.74 Å². The third-order valence-corrected chi connectivity index (χ3v) is 4.84. The third kappa shape index (κ3) is 4.31. The van der Waals surface area contributed by atoms with Crippen LogP contribution in [0.15, 0.2) is 48.5 Å². The van der Waals surface area contributed by atoms with Crippen LogP contribution in [0.3, 0.4) is 0 Å². The van der Waals surface area contributed by atoms with Gasteiger partial charge in [0.25, 0.3) is 5.91 Å². The van der Waals surface area contributed by atoms with E-state index in [0.29, 0.717) is 12.3 Å². The van der Waals surface area contributed by atoms with Crippen molar-refractivity contribution >= 4 is 22.5 Å². The lowest BCUT2D eigenvalue weighted by atomic mass is 10.1. The number of aryl methyl sites for hydroxylation is 1. The van der Waals surface area contributed by atoms with Crippen molar-refractivity contribution in [2.24, 2.45) is 0 Å². The first-order chi connectivity index (χ1) is 13.2. The van der Waals surface area contributed by atoms with E-state index < -0.39 is 0 Å². The van der Waals surface area contributed by atoms with E-state index >= 15 is 0 Å². The fraction of sp³-hybridized carbons (Fsp3) is 0.318. The fourth-order valence-electron chi connectivity index (χ4n) is 3.34. The number of ether oxygens (including phenoxy) is 2. The maximum absolute atomic E-state index is 12.5. The van der Waals surface area contributed by atoms with Crippen LogP contribution >= 0.6 is 0 Å². The predicted octanol–water partition coefficient (Wildman–Crippen LogP) is 4.68. The summed E-state index contributed by atoms with van der Waals surface area (Å²) in [7, 11) is 0. The van der Waals surface area contributed by atoms with Crippen LogP contribution in [0.4, 0.5) is 5.69 Å². The normalized spacial score (nSPS) is 17.0. The average Bonchev–Trinajstić information content (AvgIpc) is 3.11. The summed E-state index contributed by atoms with van der Waals surface area (Å²) >= 11 is 0. The molecule has 3 aromatic rings. The van der Waals surface area contributed by atoms with Crippen molar-refractivity contribution in [3.63, 3.8) is 0 Å². The molecule has 0 saturated carbocycles. The Balaban J connectivity index is 1.36. The number of carbonyl (C=O) groups excluding carboxylic acids is 1. The molecule has 1 fully saturated rings. The maximum Gasteiger partial charge on any atom is 0.272 e. The summed E-state index contributed by atoms with van der Waals surface area (Å²) < 4.78 is 11.5. The Bertz CT molecular complexity index is 924. The summed E-state index contributed by atoms with van der Waals surface area (Å²) in [6.07, 6.45) is 3.58. The lowest BCUT2D eigenvalue weighted by molar-refractivity contribution is -0.0110. The molecule has 0 bridgehead atoms. The SMILES string of the molecule is Cc1ccc2[nH]c(C(=O)Nc3ccc(OCC4CCCCO4)cc3)cc2c1. The number of anilines is 1. The number of amides is 1. The quantitative estimate of drug-likeness (QED) is 0.691. The van der Waals surface area contributed by atoms with Crippen LogP contribution < -0.4 is 10.1 Å². The highest BCUT2D eigenvalue weighted by Gasteiger charge is 2.14. The zero-order valence-electron chi connectivity index (χ0n) is 15.5. The molecule has 1 saturated heterocycles. The summed E-state index contributed by atoms with van der Waals surface area (Å²) in [4.78, 5) is 15.7. The zero-order valence-corrected chi connectivity index (χ0v) is 15.5. The molecule has 2 aromatic carbocycles. The molecule has 5 heteroatoms. The van der Waals surface area contributed by atoms with Crippen molar-refractivity contribution in [1.29, 1.82) is 0 Å². The van der Waals surface area contributed by atoms with Gasteiger partial charge >= 0.3 is 0 Å². The molecular formula is C22H24N2O3. The van der Waals surface area contributed by atoms with Crippen LogP contribution in [0.25, 0.3) is 10.9 Å². The molecule has 27 heavy (non-hydrogen) atoms. The van der Waals surface area contributed by atoms with Crippen LogP contribution in [0.1, 0.15) is 35.3 Å². The molecule has 0 aliphatic carbocycles. The summed E-state index contributed by atoms with van der Waals surface area (Å²) in [5.74, 6) is 0.622. The standard InChI is InChI=1S/C22H24N2O3/c1-15-5-10-20-16(12-15)13-21(24-20)22(25)23-17-6-8-18(9-7-17)27-14-19-4-2-3-11-26-19/h5-10,12-13,19,24H,2-4,11,14H2,1H3,(H,23,25). The predicted molar refractivity (Wildman–Crippen MR) is 107 cm³/mol. The highest BCUT2D eigenvalue weighted by atomic mass is 16.5. The molecule has 4 rings (SSSR count). The summed E-state index contributed by atoms with van der Waals surface area (Å²) in [5, 5.41) is 3.95. The second kappa shape index (κ2) is 7.84. The molecule has 1 aromatic heterocycles. The van der Waals surface area contributed by atoms with Gasteiger partial charge in [0, 0.05) is 23.2 Å². The van der Waals surface area contributed by atoms with E-state index in [2.05, 4.69) is 16.4 Å². The van der Waals surface area contributed by atoms with Crippen molar-refractivity contribution in [3.05, 3.63) is 59.8 Å². The van der Waals surface area contributed by atoms with Crippen molar-refractivity contribution in [2.75, 3.05) is 18.5 Å². The average molecular weight is 364 g/mol. The Hall–Kier alpha value is -2.79. The van der Waals surface area contributed by atoms with Gasteiger partial charge in [0.2, 0.25) is 0 Å². The topological polar surface area (TPSA) is 63.4 Å². The van der Waals surface area contributed by atoms with E-state index in [9.17, 15) is 4.79 Å². The Kier molecular flexibility index (Phi) is 5.12. The molecule has 0 radical (unpaired) electrons. The molecule has 5 nitrogen and oxygen atoms in total. The van der Waals surface area contributed by atoms with Crippen molar-refractivity contribution in [1.82, 2.24) is 4.98 Å². The first-order valence-electron chi connectivity index (χ1n) is 9.42. The van der Waals surface area contributed by atoms with Gasteiger partial charge in [0.15, 0.2) is 0 Å². The van der Waals surface area contributed by atoms with Gasteiger partial charge in [0.1, 0.15) is 18.1 Å². The lowest BCUT2D eigenvalue weighted by Crippen LogP contribution is -2.25. The monoisotopic (exact) mass is 364 g/mol. The lowest BCUT2D eigenvalue weighted by Gasteiger charge is -2.22. The van der Waals surface area contributed by atoms with Gasteiger partial charge in [-0.1, -0.05) is 11.6 Å². The minimum atomic E-state index is -0.159. The number of benzene rings is 2. The van der Waals surface area contributed by atoms with Crippen LogP contribution in [0, 0.1) is 6.92 Å². The Morgan fingerprint density at radius 2 is 2.04 bits per heavy atom. The molecule has 1 aliphatic heterocycles. The Morgan fingerprint density at radius 3 is 2.81 bits per heavy atom. The van der Waals surface area contributed by atoms with E-state index in [-0.39, 0.29) is 12.0 Å². The van der Waals surface area contributed by atoms with Crippen molar-refractivity contribution in [2.45, 2.75) is 32.3 Å². The molecular weight excluding hydrogens is 340 g/mol. The zero-order chi connectivity index (χ0) is 18.6. The van der Waals surface area contributed by atoms with E-state index in [1.165, 1.54) is 12.0 Å². The van der Waals surface area contributed by atoms with Gasteiger partial charge in [-0.25, -0.2) is 0 Å². The first-order valence-corrected chi connectivity index (χ1v) is 9.42. The highest BCUT2D eigenvalue weighted by Crippen LogP contribution is 2.20. The first kappa shape index (κ1) is 17.6. The largest absolute Gasteiger partial charge is 0.491 e. The number of H-pyrrole nitrogens is 1. The highest BCUT2D eigenvalue weighted by molar-refractivity contribution is 6.06. The number of aromatic amines is 1. The number of nitrogens with one attached hydrogen (secondary N) is 2. The van der Waals surface area contributed by atoms with Crippen LogP contribution in [-0.4, -0.2) is 30.2 Å². The van der Waals surface area contributed by atoms with Crippen molar-refractivity contribution < 1.29 is 14.3 Å². The number of carbonyl (C=O) groups is 1. The number of aromatic nitrogens is 1. The van der Waals surface area contributed by atoms with Gasteiger partial charge in [-0.3, -0.25) is 4.79 Å². The van der Waals surface area contributed by atoms with Crippen LogP contribution in [0.2, 0.25) is 0 Å². The summed E-state index contributed by atoms with van der Waals surface area (Å²) in [6.45, 7) is 3.43. The molecule has 140 valence electrons. The number of hydrogen-bond donors (Lipinski definition) is 2. The Labute approximate surface area is 158 Å². The van der Waals surface area contributed by atoms with E-state index in [4.69, 9.17) is 9.47 Å². The van der Waals surface area contributed by atoms with Gasteiger partial charge in [-0.15, -0.1) is 0 Å². The van der Waals surface area contributed by atoms with Gasteiger partial charge in [-0.05, 0) is 68.7 Å². The minimum Gasteiger partial charge on any atom is -0.491 e. The smallest absolute Gasteiger partial charge is 0.272 e. The molecule has 0 spiro atoms. The number of fused-ring (bicyclic) bond motifs is 1. The fourth-order valence-corrected chi connectivity index (χ4v) is 3.34. The maximum atomic E-state index is 12.5. The number of hydrogen-bond acceptors (Lipinski definition) is 3.